The van der Waals surface area contributed by atoms with Crippen LogP contribution >= 0.6 is 0 Å². The summed E-state index contributed by atoms with van der Waals surface area (Å²) in [6.45, 7) is 3.16. The maximum atomic E-state index is 12.7. The Hall–Kier alpha value is -2.00. The molecule has 1 fully saturated rings. The quantitative estimate of drug-likeness (QED) is 0.761. The van der Waals surface area contributed by atoms with Crippen LogP contribution in [0.3, 0.4) is 0 Å². The van der Waals surface area contributed by atoms with Gasteiger partial charge in [0.25, 0.3) is 5.91 Å². The summed E-state index contributed by atoms with van der Waals surface area (Å²) < 4.78 is 26.1. The van der Waals surface area contributed by atoms with Crippen LogP contribution in [0.25, 0.3) is 5.78 Å². The average Bonchev–Trinajstić information content (AvgIpc) is 2.81. The van der Waals surface area contributed by atoms with Gasteiger partial charge in [-0.05, 0) is 13.0 Å². The van der Waals surface area contributed by atoms with E-state index in [2.05, 4.69) is 9.97 Å². The fourth-order valence-electron chi connectivity index (χ4n) is 2.63. The third-order valence-electron chi connectivity index (χ3n) is 3.78. The number of aromatic nitrogens is 3. The zero-order valence-corrected chi connectivity index (χ0v) is 13.2. The Kier molecular flexibility index (Phi) is 3.61. The number of aryl methyl sites for hydroxylation is 1. The number of rotatable bonds is 2. The zero-order valence-electron chi connectivity index (χ0n) is 12.4. The van der Waals surface area contributed by atoms with Crippen molar-refractivity contribution in [3.63, 3.8) is 0 Å². The van der Waals surface area contributed by atoms with E-state index in [0.29, 0.717) is 43.3 Å². The molecule has 1 amide bonds. The molecule has 22 heavy (non-hydrogen) atoms. The predicted molar refractivity (Wildman–Crippen MR) is 80.0 cm³/mol. The second-order valence-corrected chi connectivity index (χ2v) is 7.27. The van der Waals surface area contributed by atoms with Gasteiger partial charge in [-0.15, -0.1) is 0 Å². The van der Waals surface area contributed by atoms with E-state index in [4.69, 9.17) is 0 Å². The van der Waals surface area contributed by atoms with Gasteiger partial charge in [0.2, 0.25) is 15.8 Å². The summed E-state index contributed by atoms with van der Waals surface area (Å²) in [5.41, 5.74) is 1.10. The number of sulfonamides is 1. The molecule has 0 spiro atoms. The van der Waals surface area contributed by atoms with E-state index in [9.17, 15) is 13.2 Å². The SMILES string of the molecule is Cc1nc2ncccn2c1C(=O)N1CCN(S(C)(=O)=O)CC1. The molecule has 1 aliphatic heterocycles. The van der Waals surface area contributed by atoms with Gasteiger partial charge in [0.15, 0.2) is 0 Å². The van der Waals surface area contributed by atoms with Gasteiger partial charge in [0, 0.05) is 38.6 Å². The van der Waals surface area contributed by atoms with Crippen LogP contribution in [-0.2, 0) is 10.0 Å². The van der Waals surface area contributed by atoms with E-state index in [1.165, 1.54) is 10.6 Å². The topological polar surface area (TPSA) is 87.9 Å². The van der Waals surface area contributed by atoms with Gasteiger partial charge in [-0.3, -0.25) is 9.20 Å². The average molecular weight is 323 g/mol. The van der Waals surface area contributed by atoms with E-state index in [-0.39, 0.29) is 5.91 Å². The van der Waals surface area contributed by atoms with Crippen LogP contribution in [0.2, 0.25) is 0 Å². The first-order valence-corrected chi connectivity index (χ1v) is 8.77. The minimum Gasteiger partial charge on any atom is -0.335 e. The lowest BCUT2D eigenvalue weighted by Crippen LogP contribution is -2.50. The number of amides is 1. The highest BCUT2D eigenvalue weighted by atomic mass is 32.2. The Bertz CT molecular complexity index is 821. The molecule has 3 rings (SSSR count). The minimum atomic E-state index is -3.20. The van der Waals surface area contributed by atoms with E-state index < -0.39 is 10.0 Å². The minimum absolute atomic E-state index is 0.147. The van der Waals surface area contributed by atoms with Crippen LogP contribution in [0.4, 0.5) is 0 Å². The number of imidazole rings is 1. The Morgan fingerprint density at radius 3 is 2.55 bits per heavy atom. The maximum absolute atomic E-state index is 12.7. The Labute approximate surface area is 128 Å². The second kappa shape index (κ2) is 5.33. The lowest BCUT2D eigenvalue weighted by atomic mass is 10.2. The summed E-state index contributed by atoms with van der Waals surface area (Å²) >= 11 is 0. The molecule has 0 radical (unpaired) electrons. The lowest BCUT2D eigenvalue weighted by Gasteiger charge is -2.33. The Morgan fingerprint density at radius 2 is 1.91 bits per heavy atom. The van der Waals surface area contributed by atoms with Crippen LogP contribution in [0, 0.1) is 6.92 Å². The van der Waals surface area contributed by atoms with Gasteiger partial charge in [-0.2, -0.15) is 4.31 Å². The highest BCUT2D eigenvalue weighted by molar-refractivity contribution is 7.88. The molecule has 0 unspecified atom stereocenters. The number of carbonyl (C=O) groups excluding carboxylic acids is 1. The highest BCUT2D eigenvalue weighted by Gasteiger charge is 2.29. The van der Waals surface area contributed by atoms with Gasteiger partial charge in [0.1, 0.15) is 5.69 Å². The fourth-order valence-corrected chi connectivity index (χ4v) is 3.45. The molecule has 0 aromatic carbocycles. The predicted octanol–water partition coefficient (Wildman–Crippen LogP) is -0.245. The molecule has 2 aromatic rings. The van der Waals surface area contributed by atoms with Crippen LogP contribution in [0.15, 0.2) is 18.5 Å². The van der Waals surface area contributed by atoms with E-state index >= 15 is 0 Å². The monoisotopic (exact) mass is 323 g/mol. The maximum Gasteiger partial charge on any atom is 0.272 e. The van der Waals surface area contributed by atoms with Crippen LogP contribution in [0.5, 0.6) is 0 Å². The van der Waals surface area contributed by atoms with E-state index in [0.717, 1.165) is 0 Å². The summed E-state index contributed by atoms with van der Waals surface area (Å²) in [5.74, 6) is 0.337. The van der Waals surface area contributed by atoms with Crippen molar-refractivity contribution in [2.45, 2.75) is 6.92 Å². The van der Waals surface area contributed by atoms with Crippen molar-refractivity contribution < 1.29 is 13.2 Å². The van der Waals surface area contributed by atoms with E-state index in [1.54, 1.807) is 34.7 Å². The number of nitrogens with zero attached hydrogens (tertiary/aromatic N) is 5. The highest BCUT2D eigenvalue weighted by Crippen LogP contribution is 2.15. The molecule has 0 N–H and O–H groups in total. The molecular formula is C13H17N5O3S. The van der Waals surface area contributed by atoms with Gasteiger partial charge >= 0.3 is 0 Å². The molecule has 1 saturated heterocycles. The smallest absolute Gasteiger partial charge is 0.272 e. The molecular weight excluding hydrogens is 306 g/mol. The summed E-state index contributed by atoms with van der Waals surface area (Å²) in [6.07, 6.45) is 4.56. The molecule has 118 valence electrons. The zero-order chi connectivity index (χ0) is 15.9. The van der Waals surface area contributed by atoms with Crippen molar-refractivity contribution >= 4 is 21.7 Å². The molecule has 8 nitrogen and oxygen atoms in total. The molecule has 2 aromatic heterocycles. The number of hydrogen-bond acceptors (Lipinski definition) is 5. The molecule has 0 bridgehead atoms. The first kappa shape index (κ1) is 14.9. The van der Waals surface area contributed by atoms with Crippen molar-refractivity contribution in [1.29, 1.82) is 0 Å². The molecule has 0 atom stereocenters. The number of hydrogen-bond donors (Lipinski definition) is 0. The summed E-state index contributed by atoms with van der Waals surface area (Å²) in [5, 5.41) is 0. The van der Waals surface area contributed by atoms with Gasteiger partial charge in [0.05, 0.1) is 11.9 Å². The van der Waals surface area contributed by atoms with Crippen molar-refractivity contribution in [3.8, 4) is 0 Å². The fraction of sp³-hybridized carbons (Fsp3) is 0.462. The second-order valence-electron chi connectivity index (χ2n) is 5.29. The summed E-state index contributed by atoms with van der Waals surface area (Å²) in [6, 6.07) is 1.74. The number of piperazine rings is 1. The summed E-state index contributed by atoms with van der Waals surface area (Å²) in [7, 11) is -3.20. The van der Waals surface area contributed by atoms with Crippen LogP contribution < -0.4 is 0 Å². The Morgan fingerprint density at radius 1 is 1.23 bits per heavy atom. The molecule has 1 aliphatic rings. The van der Waals surface area contributed by atoms with E-state index in [1.807, 2.05) is 0 Å². The largest absolute Gasteiger partial charge is 0.335 e. The van der Waals surface area contributed by atoms with Crippen LogP contribution in [-0.4, -0.2) is 70.3 Å². The number of fused-ring (bicyclic) bond motifs is 1. The standard InChI is InChI=1S/C13H17N5O3S/c1-10-11(18-5-3-4-14-13(18)15-10)12(19)16-6-8-17(9-7-16)22(2,20)21/h3-5H,6-9H2,1-2H3. The normalized spacial score (nSPS) is 17.1. The van der Waals surface area contributed by atoms with Crippen molar-refractivity contribution in [3.05, 3.63) is 29.8 Å². The molecule has 0 saturated carbocycles. The Balaban J connectivity index is 1.84. The third-order valence-corrected chi connectivity index (χ3v) is 5.08. The third kappa shape index (κ3) is 2.57. The first-order chi connectivity index (χ1) is 10.4. The molecule has 9 heteroatoms. The van der Waals surface area contributed by atoms with Crippen molar-refractivity contribution in [2.75, 3.05) is 32.4 Å². The van der Waals surface area contributed by atoms with Crippen LogP contribution in [0.1, 0.15) is 16.2 Å². The van der Waals surface area contributed by atoms with Crippen molar-refractivity contribution in [1.82, 2.24) is 23.6 Å². The van der Waals surface area contributed by atoms with Gasteiger partial charge in [-0.1, -0.05) is 0 Å². The molecule has 3 heterocycles. The molecule has 0 aliphatic carbocycles. The number of carbonyl (C=O) groups is 1. The van der Waals surface area contributed by atoms with Gasteiger partial charge < -0.3 is 4.90 Å². The first-order valence-electron chi connectivity index (χ1n) is 6.92. The van der Waals surface area contributed by atoms with Gasteiger partial charge in [-0.25, -0.2) is 18.4 Å². The summed E-state index contributed by atoms with van der Waals surface area (Å²) in [4.78, 5) is 22.8. The lowest BCUT2D eigenvalue weighted by molar-refractivity contribution is 0.0690. The van der Waals surface area contributed by atoms with Crippen molar-refractivity contribution in [2.24, 2.45) is 0 Å².